The first-order valence-corrected chi connectivity index (χ1v) is 14.3. The van der Waals surface area contributed by atoms with Crippen LogP contribution in [-0.2, 0) is 19.1 Å². The number of aryl methyl sites for hydroxylation is 1. The van der Waals surface area contributed by atoms with Gasteiger partial charge in [-0.2, -0.15) is 0 Å². The number of ether oxygens (including phenoxy) is 2. The van der Waals surface area contributed by atoms with E-state index in [-0.39, 0.29) is 30.6 Å². The first-order valence-electron chi connectivity index (χ1n) is 12.7. The van der Waals surface area contributed by atoms with Gasteiger partial charge in [0.05, 0.1) is 39.8 Å². The molecule has 4 rings (SSSR count). The van der Waals surface area contributed by atoms with E-state index in [0.29, 0.717) is 42.8 Å². The lowest BCUT2D eigenvalue weighted by atomic mass is 9.58. The number of Topliss-reactive ketones (excluding diaryl/α,β-unsaturated/α-hetero) is 1. The summed E-state index contributed by atoms with van der Waals surface area (Å²) < 4.78 is 11.5. The average molecular weight is 561 g/mol. The highest BCUT2D eigenvalue weighted by molar-refractivity contribution is 7.09. The maximum absolute atomic E-state index is 13.5. The third-order valence-corrected chi connectivity index (χ3v) is 9.78. The molecule has 2 N–H and O–H groups in total. The van der Waals surface area contributed by atoms with Crippen molar-refractivity contribution < 1.29 is 29.3 Å². The van der Waals surface area contributed by atoms with Gasteiger partial charge in [0.25, 0.3) is 0 Å². The number of fused-ring (bicyclic) bond motifs is 1. The van der Waals surface area contributed by atoms with E-state index >= 15 is 0 Å². The molecule has 7 atom stereocenters. The molecule has 3 aliphatic rings. The first-order chi connectivity index (χ1) is 16.9. The number of alkyl halides is 1. The summed E-state index contributed by atoms with van der Waals surface area (Å²) in [6.45, 7) is 5.52. The molecule has 3 fully saturated rings. The van der Waals surface area contributed by atoms with Gasteiger partial charge >= 0.3 is 5.97 Å². The number of cyclic esters (lactones) is 1. The summed E-state index contributed by atoms with van der Waals surface area (Å²) in [6.07, 6.45) is 2.11. The molecule has 0 bridgehead atoms. The second-order valence-electron chi connectivity index (χ2n) is 10.7. The Morgan fingerprint density at radius 1 is 1.22 bits per heavy atom. The van der Waals surface area contributed by atoms with Crippen molar-refractivity contribution in [2.24, 2.45) is 17.3 Å². The summed E-state index contributed by atoms with van der Waals surface area (Å²) in [5, 5.41) is 24.1. The highest BCUT2D eigenvalue weighted by Crippen LogP contribution is 2.50. The van der Waals surface area contributed by atoms with Crippen molar-refractivity contribution in [3.63, 3.8) is 0 Å². The zero-order valence-corrected chi connectivity index (χ0v) is 23.2. The molecule has 2 aliphatic heterocycles. The van der Waals surface area contributed by atoms with Gasteiger partial charge in [-0.15, -0.1) is 11.3 Å². The van der Waals surface area contributed by atoms with Crippen LogP contribution < -0.4 is 0 Å². The summed E-state index contributed by atoms with van der Waals surface area (Å²) >= 11 is 14.8. The van der Waals surface area contributed by atoms with Gasteiger partial charge in [-0.05, 0) is 51.0 Å². The molecule has 3 heterocycles. The molecule has 2 saturated heterocycles. The van der Waals surface area contributed by atoms with Crippen LogP contribution in [0.3, 0.4) is 0 Å². The molecular weight excluding hydrogens is 525 g/mol. The molecule has 1 spiro atoms. The number of aliphatic hydroxyl groups is 2. The Bertz CT molecular complexity index is 1010. The molecule has 2 unspecified atom stereocenters. The summed E-state index contributed by atoms with van der Waals surface area (Å²) in [6, 6.07) is 0. The Kier molecular flexibility index (Phi) is 8.54. The fourth-order valence-corrected chi connectivity index (χ4v) is 6.68. The van der Waals surface area contributed by atoms with Crippen LogP contribution in [0.4, 0.5) is 0 Å². The highest BCUT2D eigenvalue weighted by Gasteiger charge is 2.56. The third kappa shape index (κ3) is 5.84. The number of esters is 1. The molecule has 1 saturated carbocycles. The van der Waals surface area contributed by atoms with Crippen molar-refractivity contribution in [2.45, 2.75) is 102 Å². The number of hydrogen-bond acceptors (Lipinski definition) is 8. The Morgan fingerprint density at radius 3 is 2.56 bits per heavy atom. The van der Waals surface area contributed by atoms with Gasteiger partial charge in [0.2, 0.25) is 0 Å². The lowest BCUT2D eigenvalue weighted by Crippen LogP contribution is -2.53. The van der Waals surface area contributed by atoms with E-state index in [4.69, 9.17) is 32.7 Å². The number of epoxide rings is 1. The predicted octanol–water partition coefficient (Wildman–Crippen LogP) is 4.97. The van der Waals surface area contributed by atoms with Crippen LogP contribution >= 0.6 is 34.5 Å². The number of rotatable bonds is 2. The van der Waals surface area contributed by atoms with E-state index in [0.717, 1.165) is 11.4 Å². The van der Waals surface area contributed by atoms with E-state index < -0.39 is 40.7 Å². The second kappa shape index (κ2) is 11.0. The van der Waals surface area contributed by atoms with Crippen LogP contribution in [0.5, 0.6) is 0 Å². The molecule has 0 amide bonds. The van der Waals surface area contributed by atoms with Gasteiger partial charge in [0, 0.05) is 17.7 Å². The summed E-state index contributed by atoms with van der Waals surface area (Å²) in [5.41, 5.74) is -0.367. The topological polar surface area (TPSA) is 109 Å². The maximum Gasteiger partial charge on any atom is 0.309 e. The van der Waals surface area contributed by atoms with Gasteiger partial charge < -0.3 is 19.7 Å². The number of halogens is 2. The average Bonchev–Trinajstić information content (AvgIpc) is 3.22. The molecule has 1 aliphatic carbocycles. The number of aliphatic hydroxyl groups excluding tert-OH is 2. The van der Waals surface area contributed by atoms with E-state index in [1.807, 2.05) is 19.2 Å². The number of carbonyl (C=O) groups is 2. The third-order valence-electron chi connectivity index (χ3n) is 8.11. The van der Waals surface area contributed by atoms with Crippen LogP contribution in [0, 0.1) is 24.2 Å². The van der Waals surface area contributed by atoms with Crippen LogP contribution in [0.2, 0.25) is 0 Å². The normalized spacial score (nSPS) is 38.2. The number of hydrogen-bond donors (Lipinski definition) is 2. The van der Waals surface area contributed by atoms with Crippen molar-refractivity contribution >= 4 is 52.4 Å². The number of nitrogens with zero attached hydrogens (tertiary/aromatic N) is 1. The molecule has 1 aromatic heterocycles. The minimum absolute atomic E-state index is 0.125. The van der Waals surface area contributed by atoms with Crippen LogP contribution in [0.15, 0.2) is 10.4 Å². The molecule has 36 heavy (non-hydrogen) atoms. The van der Waals surface area contributed by atoms with E-state index in [1.54, 1.807) is 13.0 Å². The monoisotopic (exact) mass is 559 g/mol. The van der Waals surface area contributed by atoms with Crippen molar-refractivity contribution in [1.82, 2.24) is 4.98 Å². The minimum atomic E-state index is -1.20. The first kappa shape index (κ1) is 28.0. The van der Waals surface area contributed by atoms with Gasteiger partial charge in [-0.1, -0.05) is 43.5 Å². The molecule has 10 heteroatoms. The van der Waals surface area contributed by atoms with Gasteiger partial charge in [0.1, 0.15) is 18.0 Å². The number of aromatic nitrogens is 1. The van der Waals surface area contributed by atoms with Crippen molar-refractivity contribution in [2.75, 3.05) is 0 Å². The summed E-state index contributed by atoms with van der Waals surface area (Å²) in [4.78, 5) is 30.8. The Labute approximate surface area is 226 Å². The fraction of sp³-hybridized carbons (Fsp3) is 0.731. The zero-order chi connectivity index (χ0) is 26.3. The fourth-order valence-electron chi connectivity index (χ4n) is 5.54. The number of carbonyl (C=O) groups excluding carboxylic acids is 2. The van der Waals surface area contributed by atoms with Crippen LogP contribution in [0.1, 0.15) is 75.9 Å². The Morgan fingerprint density at radius 2 is 1.94 bits per heavy atom. The van der Waals surface area contributed by atoms with Crippen molar-refractivity contribution in [1.29, 1.82) is 0 Å². The molecule has 1 aromatic rings. The molecule has 200 valence electrons. The SMILES string of the molecule is Cc1nc(/C=C(\Cl)[C@@H]2CC3OC3(Cl)CCC[C@H](C)[C@H](O)[C@@H](C)C(=O)C3(CCC3)[C@@H](O)CC(=O)O2)cs1. The Balaban J connectivity index is 1.58. The quantitative estimate of drug-likeness (QED) is 0.299. The largest absolute Gasteiger partial charge is 0.456 e. The standard InChI is InChI=1S/C26H35Cl2NO6S/c1-14-6-4-9-26(28)21(35-26)11-19(18(27)10-17-13-36-16(3)29-17)34-22(31)12-20(30)25(7-5-8-25)24(33)15(2)23(14)32/h10,13-15,19-21,23,30,32H,4-9,11-12H2,1-3H3/b18-10-/t14-,15+,19-,20-,21?,23-,26?/m0/s1. The molecule has 0 aromatic carbocycles. The second-order valence-corrected chi connectivity index (χ2v) is 12.8. The molecule has 7 nitrogen and oxygen atoms in total. The lowest BCUT2D eigenvalue weighted by Gasteiger charge is -2.46. The van der Waals surface area contributed by atoms with Gasteiger partial charge in [-0.3, -0.25) is 9.59 Å². The predicted molar refractivity (Wildman–Crippen MR) is 139 cm³/mol. The molecular formula is C26H35Cl2NO6S. The van der Waals surface area contributed by atoms with Crippen molar-refractivity contribution in [3.05, 3.63) is 21.1 Å². The summed E-state index contributed by atoms with van der Waals surface area (Å²) in [7, 11) is 0. The number of thiazole rings is 1. The maximum atomic E-state index is 13.5. The van der Waals surface area contributed by atoms with Crippen molar-refractivity contribution in [3.8, 4) is 0 Å². The van der Waals surface area contributed by atoms with Gasteiger partial charge in [0.15, 0.2) is 5.06 Å². The summed E-state index contributed by atoms with van der Waals surface area (Å²) in [5.74, 6) is -1.61. The highest BCUT2D eigenvalue weighted by atomic mass is 35.5. The minimum Gasteiger partial charge on any atom is -0.456 e. The lowest BCUT2D eigenvalue weighted by molar-refractivity contribution is -0.161. The molecule has 0 radical (unpaired) electrons. The van der Waals surface area contributed by atoms with E-state index in [2.05, 4.69) is 4.98 Å². The van der Waals surface area contributed by atoms with Crippen LogP contribution in [0.25, 0.3) is 6.08 Å². The zero-order valence-electron chi connectivity index (χ0n) is 20.9. The van der Waals surface area contributed by atoms with Gasteiger partial charge in [-0.25, -0.2) is 4.98 Å². The van der Waals surface area contributed by atoms with E-state index in [1.165, 1.54) is 11.3 Å². The van der Waals surface area contributed by atoms with E-state index in [9.17, 15) is 19.8 Å². The number of ketones is 1. The smallest absolute Gasteiger partial charge is 0.309 e. The Hall–Kier alpha value is -1.03. The van der Waals surface area contributed by atoms with Crippen LogP contribution in [-0.4, -0.2) is 56.4 Å².